The second-order valence-corrected chi connectivity index (χ2v) is 7.64. The molecule has 1 fully saturated rings. The number of hydrogen-bond acceptors (Lipinski definition) is 6. The molecular formula is C19H18N4O3S. The lowest BCUT2D eigenvalue weighted by molar-refractivity contribution is -0.159. The van der Waals surface area contributed by atoms with Crippen molar-refractivity contribution in [2.75, 3.05) is 20.2 Å². The SMILES string of the molecule is COC(=O)C1(C)CN(C(=O)c2nc(-c3cccs3)n(-c3ccccc3)n2)C1. The Hall–Kier alpha value is -3.00. The molecule has 1 aliphatic rings. The molecule has 8 heteroatoms. The van der Waals surface area contributed by atoms with Crippen molar-refractivity contribution < 1.29 is 14.3 Å². The number of para-hydroxylation sites is 1. The predicted molar refractivity (Wildman–Crippen MR) is 101 cm³/mol. The maximum Gasteiger partial charge on any atom is 0.315 e. The summed E-state index contributed by atoms with van der Waals surface area (Å²) < 4.78 is 6.49. The average Bonchev–Trinajstić information content (AvgIpc) is 3.34. The van der Waals surface area contributed by atoms with Gasteiger partial charge in [0.2, 0.25) is 5.82 Å². The van der Waals surface area contributed by atoms with Gasteiger partial charge in [-0.05, 0) is 30.5 Å². The number of carbonyl (C=O) groups is 2. The fraction of sp³-hybridized carbons (Fsp3) is 0.263. The second-order valence-electron chi connectivity index (χ2n) is 6.70. The number of aromatic nitrogens is 3. The molecule has 1 aromatic carbocycles. The number of ether oxygens (including phenoxy) is 1. The van der Waals surface area contributed by atoms with Crippen molar-refractivity contribution in [3.63, 3.8) is 0 Å². The lowest BCUT2D eigenvalue weighted by Crippen LogP contribution is -2.61. The number of thiophene rings is 1. The van der Waals surface area contributed by atoms with Crippen molar-refractivity contribution >= 4 is 23.2 Å². The highest BCUT2D eigenvalue weighted by Crippen LogP contribution is 2.32. The van der Waals surface area contributed by atoms with Crippen LogP contribution in [-0.4, -0.2) is 51.7 Å². The van der Waals surface area contributed by atoms with E-state index >= 15 is 0 Å². The van der Waals surface area contributed by atoms with Crippen LogP contribution in [0.3, 0.4) is 0 Å². The molecule has 2 aromatic heterocycles. The zero-order valence-corrected chi connectivity index (χ0v) is 15.8. The van der Waals surface area contributed by atoms with Crippen LogP contribution < -0.4 is 0 Å². The van der Waals surface area contributed by atoms with Crippen LogP contribution in [0.4, 0.5) is 0 Å². The second kappa shape index (κ2) is 6.62. The van der Waals surface area contributed by atoms with Crippen molar-refractivity contribution in [2.24, 2.45) is 5.41 Å². The van der Waals surface area contributed by atoms with Gasteiger partial charge < -0.3 is 9.64 Å². The predicted octanol–water partition coefficient (Wildman–Crippen LogP) is 2.63. The van der Waals surface area contributed by atoms with Crippen LogP contribution in [0.1, 0.15) is 17.5 Å². The van der Waals surface area contributed by atoms with Gasteiger partial charge in [0.25, 0.3) is 5.91 Å². The minimum atomic E-state index is -0.664. The third-order valence-electron chi connectivity index (χ3n) is 4.59. The van der Waals surface area contributed by atoms with Gasteiger partial charge in [0.15, 0.2) is 5.82 Å². The number of hydrogen-bond donors (Lipinski definition) is 0. The maximum absolute atomic E-state index is 12.8. The number of amides is 1. The van der Waals surface area contributed by atoms with Gasteiger partial charge in [-0.1, -0.05) is 24.3 Å². The molecule has 138 valence electrons. The Kier molecular flexibility index (Phi) is 4.27. The quantitative estimate of drug-likeness (QED) is 0.648. The minimum Gasteiger partial charge on any atom is -0.468 e. The van der Waals surface area contributed by atoms with Crippen molar-refractivity contribution in [1.29, 1.82) is 0 Å². The van der Waals surface area contributed by atoms with Gasteiger partial charge in [-0.2, -0.15) is 0 Å². The van der Waals surface area contributed by atoms with Gasteiger partial charge in [-0.3, -0.25) is 9.59 Å². The van der Waals surface area contributed by atoms with Gasteiger partial charge in [0.05, 0.1) is 17.7 Å². The summed E-state index contributed by atoms with van der Waals surface area (Å²) in [6, 6.07) is 13.5. The van der Waals surface area contributed by atoms with E-state index in [1.54, 1.807) is 16.5 Å². The molecule has 0 atom stereocenters. The molecule has 0 radical (unpaired) electrons. The molecule has 3 heterocycles. The Bertz CT molecular complexity index is 976. The van der Waals surface area contributed by atoms with Crippen LogP contribution in [0.2, 0.25) is 0 Å². The fourth-order valence-corrected chi connectivity index (χ4v) is 3.87. The lowest BCUT2D eigenvalue weighted by Gasteiger charge is -2.44. The van der Waals surface area contributed by atoms with E-state index in [4.69, 9.17) is 4.74 Å². The van der Waals surface area contributed by atoms with Crippen molar-refractivity contribution in [3.05, 3.63) is 53.7 Å². The number of carbonyl (C=O) groups excluding carboxylic acids is 2. The molecule has 0 unspecified atom stereocenters. The monoisotopic (exact) mass is 382 g/mol. The van der Waals surface area contributed by atoms with Crippen LogP contribution in [-0.2, 0) is 9.53 Å². The maximum atomic E-state index is 12.8. The van der Waals surface area contributed by atoms with Gasteiger partial charge in [0.1, 0.15) is 5.41 Å². The normalized spacial score (nSPS) is 15.3. The third kappa shape index (κ3) is 3.02. The summed E-state index contributed by atoms with van der Waals surface area (Å²) in [7, 11) is 1.36. The highest BCUT2D eigenvalue weighted by atomic mass is 32.1. The molecule has 0 bridgehead atoms. The Morgan fingerprint density at radius 3 is 2.52 bits per heavy atom. The molecule has 1 aliphatic heterocycles. The number of nitrogens with zero attached hydrogens (tertiary/aromatic N) is 4. The first-order valence-corrected chi connectivity index (χ1v) is 9.34. The van der Waals surface area contributed by atoms with E-state index in [0.717, 1.165) is 10.6 Å². The molecule has 1 amide bonds. The Balaban J connectivity index is 1.65. The smallest absolute Gasteiger partial charge is 0.315 e. The zero-order valence-electron chi connectivity index (χ0n) is 15.0. The van der Waals surface area contributed by atoms with Crippen molar-refractivity contribution in [3.8, 4) is 16.4 Å². The standard InChI is InChI=1S/C19H18N4O3S/c1-19(18(25)26-2)11-22(12-19)17(24)15-20-16(14-9-6-10-27-14)23(21-15)13-7-4-3-5-8-13/h3-10H,11-12H2,1-2H3. The molecule has 1 saturated heterocycles. The molecule has 7 nitrogen and oxygen atoms in total. The summed E-state index contributed by atoms with van der Waals surface area (Å²) in [6.45, 7) is 2.38. The molecule has 0 spiro atoms. The molecule has 0 aliphatic carbocycles. The van der Waals surface area contributed by atoms with E-state index in [1.165, 1.54) is 18.4 Å². The van der Waals surface area contributed by atoms with E-state index in [2.05, 4.69) is 10.1 Å². The minimum absolute atomic E-state index is 0.120. The van der Waals surface area contributed by atoms with E-state index in [0.29, 0.717) is 18.9 Å². The van der Waals surface area contributed by atoms with E-state index in [-0.39, 0.29) is 17.7 Å². The van der Waals surface area contributed by atoms with Gasteiger partial charge in [-0.25, -0.2) is 9.67 Å². The van der Waals surface area contributed by atoms with Gasteiger partial charge in [-0.15, -0.1) is 16.4 Å². The highest BCUT2D eigenvalue weighted by molar-refractivity contribution is 7.13. The number of likely N-dealkylation sites (tertiary alicyclic amines) is 1. The highest BCUT2D eigenvalue weighted by Gasteiger charge is 2.49. The van der Waals surface area contributed by atoms with Crippen molar-refractivity contribution in [1.82, 2.24) is 19.7 Å². The van der Waals surface area contributed by atoms with E-state index < -0.39 is 5.41 Å². The van der Waals surface area contributed by atoms with Gasteiger partial charge >= 0.3 is 5.97 Å². The molecular weight excluding hydrogens is 364 g/mol. The Labute approximate surface area is 160 Å². The first-order chi connectivity index (χ1) is 13.0. The summed E-state index contributed by atoms with van der Waals surface area (Å²) in [6.07, 6.45) is 0. The molecule has 4 rings (SSSR count). The zero-order chi connectivity index (χ0) is 19.0. The summed E-state index contributed by atoms with van der Waals surface area (Å²) in [5.41, 5.74) is 0.165. The summed E-state index contributed by atoms with van der Waals surface area (Å²) >= 11 is 1.54. The third-order valence-corrected chi connectivity index (χ3v) is 5.45. The molecule has 0 N–H and O–H groups in total. The Morgan fingerprint density at radius 2 is 1.89 bits per heavy atom. The van der Waals surface area contributed by atoms with Gasteiger partial charge in [0, 0.05) is 13.1 Å². The number of esters is 1. The fourth-order valence-electron chi connectivity index (χ4n) is 3.17. The number of benzene rings is 1. The largest absolute Gasteiger partial charge is 0.468 e. The van der Waals surface area contributed by atoms with Crippen LogP contribution in [0.5, 0.6) is 0 Å². The molecule has 0 saturated carbocycles. The lowest BCUT2D eigenvalue weighted by atomic mass is 9.82. The van der Waals surface area contributed by atoms with Crippen LogP contribution in [0, 0.1) is 5.41 Å². The first kappa shape index (κ1) is 17.4. The molecule has 3 aromatic rings. The van der Waals surface area contributed by atoms with Crippen molar-refractivity contribution in [2.45, 2.75) is 6.92 Å². The number of methoxy groups -OCH3 is 1. The topological polar surface area (TPSA) is 77.3 Å². The van der Waals surface area contributed by atoms with Crippen LogP contribution in [0.15, 0.2) is 47.8 Å². The summed E-state index contributed by atoms with van der Waals surface area (Å²) in [4.78, 5) is 31.6. The number of rotatable bonds is 4. The van der Waals surface area contributed by atoms with E-state index in [9.17, 15) is 9.59 Å². The first-order valence-electron chi connectivity index (χ1n) is 8.46. The van der Waals surface area contributed by atoms with Crippen LogP contribution >= 0.6 is 11.3 Å². The molecule has 27 heavy (non-hydrogen) atoms. The summed E-state index contributed by atoms with van der Waals surface area (Å²) in [5.74, 6) is 0.141. The Morgan fingerprint density at radius 1 is 1.15 bits per heavy atom. The summed E-state index contributed by atoms with van der Waals surface area (Å²) in [5, 5.41) is 6.41. The van der Waals surface area contributed by atoms with Crippen LogP contribution in [0.25, 0.3) is 16.4 Å². The average molecular weight is 382 g/mol. The van der Waals surface area contributed by atoms with E-state index in [1.807, 2.05) is 47.8 Å².